The number of rotatable bonds is 3. The van der Waals surface area contributed by atoms with Gasteiger partial charge in [-0.2, -0.15) is 13.2 Å². The highest BCUT2D eigenvalue weighted by molar-refractivity contribution is 6.31. The van der Waals surface area contributed by atoms with Gasteiger partial charge in [0.15, 0.2) is 5.65 Å². The lowest BCUT2D eigenvalue weighted by Gasteiger charge is -2.33. The number of imidazole rings is 1. The van der Waals surface area contributed by atoms with Crippen LogP contribution >= 0.6 is 11.6 Å². The Morgan fingerprint density at radius 2 is 1.82 bits per heavy atom. The third-order valence-electron chi connectivity index (χ3n) is 6.56. The molecule has 1 saturated heterocycles. The van der Waals surface area contributed by atoms with E-state index in [1.165, 1.54) is 6.07 Å². The van der Waals surface area contributed by atoms with Crippen LogP contribution in [0.1, 0.15) is 32.7 Å². The minimum Gasteiger partial charge on any atom is -0.353 e. The summed E-state index contributed by atoms with van der Waals surface area (Å²) in [5, 5.41) is 7.13. The van der Waals surface area contributed by atoms with Crippen LogP contribution in [0, 0.1) is 18.8 Å². The Labute approximate surface area is 228 Å². The van der Waals surface area contributed by atoms with E-state index in [4.69, 9.17) is 16.7 Å². The SMILES string of the molecule is Cc1c(C#Cc2cnc3ccc(N4CCN(C)CC4)nn23)cccc1C(=O)Nc1cc(Cl)cc(C(F)(F)F)c1. The second-order valence-corrected chi connectivity index (χ2v) is 9.74. The summed E-state index contributed by atoms with van der Waals surface area (Å²) in [5.74, 6) is 6.46. The molecule has 0 bridgehead atoms. The van der Waals surface area contributed by atoms with Gasteiger partial charge in [-0.3, -0.25) is 4.79 Å². The first-order valence-corrected chi connectivity index (χ1v) is 12.6. The van der Waals surface area contributed by atoms with Gasteiger partial charge < -0.3 is 15.1 Å². The third kappa shape index (κ3) is 5.85. The van der Waals surface area contributed by atoms with Crippen molar-refractivity contribution in [2.45, 2.75) is 13.1 Å². The Bertz CT molecular complexity index is 1610. The maximum absolute atomic E-state index is 13.2. The molecule has 0 unspecified atom stereocenters. The molecule has 0 spiro atoms. The number of hydrogen-bond acceptors (Lipinski definition) is 5. The number of benzene rings is 2. The van der Waals surface area contributed by atoms with Crippen molar-refractivity contribution in [3.63, 3.8) is 0 Å². The fourth-order valence-electron chi connectivity index (χ4n) is 4.33. The van der Waals surface area contributed by atoms with Crippen LogP contribution in [0.5, 0.6) is 0 Å². The van der Waals surface area contributed by atoms with Gasteiger partial charge in [-0.25, -0.2) is 9.50 Å². The number of amides is 1. The number of fused-ring (bicyclic) bond motifs is 1. The molecule has 0 aliphatic carbocycles. The first-order valence-electron chi connectivity index (χ1n) is 12.2. The number of hydrogen-bond donors (Lipinski definition) is 1. The minimum atomic E-state index is -4.59. The third-order valence-corrected chi connectivity index (χ3v) is 6.78. The van der Waals surface area contributed by atoms with E-state index in [1.807, 2.05) is 12.1 Å². The van der Waals surface area contributed by atoms with Crippen molar-refractivity contribution in [2.24, 2.45) is 0 Å². The molecule has 4 aromatic rings. The van der Waals surface area contributed by atoms with Crippen molar-refractivity contribution in [2.75, 3.05) is 43.4 Å². The molecule has 0 saturated carbocycles. The maximum Gasteiger partial charge on any atom is 0.416 e. The number of carbonyl (C=O) groups excluding carboxylic acids is 1. The van der Waals surface area contributed by atoms with E-state index in [0.29, 0.717) is 22.5 Å². The monoisotopic (exact) mass is 552 g/mol. The fourth-order valence-corrected chi connectivity index (χ4v) is 4.56. The quantitative estimate of drug-likeness (QED) is 0.358. The topological polar surface area (TPSA) is 65.8 Å². The van der Waals surface area contributed by atoms with Crippen LogP contribution < -0.4 is 10.2 Å². The zero-order valence-corrected chi connectivity index (χ0v) is 21.9. The van der Waals surface area contributed by atoms with Gasteiger partial charge in [0.2, 0.25) is 0 Å². The van der Waals surface area contributed by atoms with E-state index in [1.54, 1.807) is 35.8 Å². The lowest BCUT2D eigenvalue weighted by atomic mass is 10.0. The number of aromatic nitrogens is 3. The molecule has 7 nitrogen and oxygen atoms in total. The summed E-state index contributed by atoms with van der Waals surface area (Å²) in [6, 6.07) is 11.8. The number of piperazine rings is 1. The zero-order chi connectivity index (χ0) is 27.7. The standard InChI is InChI=1S/C28H24ClF3N6O/c1-18-19(4-3-5-24(18)27(39)34-22-15-20(28(30,31)32)14-21(29)16-22)6-7-23-17-33-25-8-9-26(35-38(23)25)37-12-10-36(2)11-13-37/h3-5,8-9,14-17H,10-13H2,1-2H3,(H,34,39). The summed E-state index contributed by atoms with van der Waals surface area (Å²) in [7, 11) is 2.10. The van der Waals surface area contributed by atoms with Crippen LogP contribution in [0.3, 0.4) is 0 Å². The second kappa shape index (κ2) is 10.6. The van der Waals surface area contributed by atoms with Gasteiger partial charge in [0, 0.05) is 48.0 Å². The normalized spacial score (nSPS) is 14.3. The van der Waals surface area contributed by atoms with E-state index < -0.39 is 17.6 Å². The van der Waals surface area contributed by atoms with Gasteiger partial charge in [0.25, 0.3) is 5.91 Å². The lowest BCUT2D eigenvalue weighted by molar-refractivity contribution is -0.137. The maximum atomic E-state index is 13.2. The van der Waals surface area contributed by atoms with E-state index in [9.17, 15) is 18.0 Å². The van der Waals surface area contributed by atoms with E-state index >= 15 is 0 Å². The molecule has 2 aromatic carbocycles. The molecule has 3 heterocycles. The van der Waals surface area contributed by atoms with Crippen LogP contribution in [0.15, 0.2) is 54.7 Å². The molecule has 1 aliphatic heterocycles. The molecule has 1 N–H and O–H groups in total. The molecule has 0 atom stereocenters. The number of likely N-dealkylation sites (N-methyl/N-ethyl adjacent to an activating group) is 1. The number of nitrogens with zero attached hydrogens (tertiary/aromatic N) is 5. The van der Waals surface area contributed by atoms with Gasteiger partial charge in [-0.1, -0.05) is 23.6 Å². The van der Waals surface area contributed by atoms with E-state index in [-0.39, 0.29) is 16.3 Å². The zero-order valence-electron chi connectivity index (χ0n) is 21.2. The molecule has 0 radical (unpaired) electrons. The number of alkyl halides is 3. The van der Waals surface area contributed by atoms with Gasteiger partial charge in [-0.05, 0) is 67.9 Å². The summed E-state index contributed by atoms with van der Waals surface area (Å²) in [6.07, 6.45) is -2.94. The number of carbonyl (C=O) groups is 1. The van der Waals surface area contributed by atoms with Crippen molar-refractivity contribution in [3.8, 4) is 11.8 Å². The predicted octanol–water partition coefficient (Wildman–Crippen LogP) is 5.11. The van der Waals surface area contributed by atoms with Crippen LogP contribution in [-0.4, -0.2) is 58.6 Å². The first-order chi connectivity index (χ1) is 18.6. The van der Waals surface area contributed by atoms with Gasteiger partial charge in [0.05, 0.1) is 11.8 Å². The Morgan fingerprint density at radius 1 is 1.05 bits per heavy atom. The summed E-state index contributed by atoms with van der Waals surface area (Å²) in [5.41, 5.74) is 1.72. The highest BCUT2D eigenvalue weighted by atomic mass is 35.5. The predicted molar refractivity (Wildman–Crippen MR) is 144 cm³/mol. The summed E-state index contributed by atoms with van der Waals surface area (Å²) < 4.78 is 41.2. The molecule has 200 valence electrons. The Hall–Kier alpha value is -4.07. The van der Waals surface area contributed by atoms with Gasteiger partial charge in [-0.15, -0.1) is 5.10 Å². The van der Waals surface area contributed by atoms with Crippen LogP contribution in [0.25, 0.3) is 5.65 Å². The second-order valence-electron chi connectivity index (χ2n) is 9.30. The smallest absolute Gasteiger partial charge is 0.353 e. The molecule has 11 heteroatoms. The molecular formula is C28H24ClF3N6O. The molecular weight excluding hydrogens is 529 g/mol. The number of halogens is 4. The molecule has 5 rings (SSSR count). The molecule has 1 aliphatic rings. The Balaban J connectivity index is 1.39. The average Bonchev–Trinajstić information content (AvgIpc) is 3.30. The largest absolute Gasteiger partial charge is 0.416 e. The highest BCUT2D eigenvalue weighted by Gasteiger charge is 2.31. The van der Waals surface area contributed by atoms with Crippen LogP contribution in [-0.2, 0) is 6.18 Å². The molecule has 1 amide bonds. The minimum absolute atomic E-state index is 0.0522. The van der Waals surface area contributed by atoms with Gasteiger partial charge >= 0.3 is 6.18 Å². The van der Waals surface area contributed by atoms with Gasteiger partial charge in [0.1, 0.15) is 11.5 Å². The molecule has 39 heavy (non-hydrogen) atoms. The molecule has 1 fully saturated rings. The van der Waals surface area contributed by atoms with E-state index in [0.717, 1.165) is 44.1 Å². The van der Waals surface area contributed by atoms with Crippen molar-refractivity contribution < 1.29 is 18.0 Å². The van der Waals surface area contributed by atoms with Crippen molar-refractivity contribution in [1.29, 1.82) is 0 Å². The van der Waals surface area contributed by atoms with Crippen molar-refractivity contribution in [3.05, 3.63) is 87.7 Å². The first kappa shape index (κ1) is 26.5. The lowest BCUT2D eigenvalue weighted by Crippen LogP contribution is -2.44. The van der Waals surface area contributed by atoms with Crippen LogP contribution in [0.2, 0.25) is 5.02 Å². The Kier molecular flexibility index (Phi) is 7.21. The van der Waals surface area contributed by atoms with Crippen molar-refractivity contribution in [1.82, 2.24) is 19.5 Å². The summed E-state index contributed by atoms with van der Waals surface area (Å²) in [6.45, 7) is 5.41. The highest BCUT2D eigenvalue weighted by Crippen LogP contribution is 2.33. The Morgan fingerprint density at radius 3 is 2.56 bits per heavy atom. The summed E-state index contributed by atoms with van der Waals surface area (Å²) in [4.78, 5) is 21.8. The number of anilines is 2. The number of nitrogens with one attached hydrogen (secondary N) is 1. The average molecular weight is 553 g/mol. The van der Waals surface area contributed by atoms with E-state index in [2.05, 4.69) is 39.0 Å². The summed E-state index contributed by atoms with van der Waals surface area (Å²) >= 11 is 5.85. The van der Waals surface area contributed by atoms with Crippen molar-refractivity contribution >= 4 is 34.7 Å². The fraction of sp³-hybridized carbons (Fsp3) is 0.250. The van der Waals surface area contributed by atoms with Crippen LogP contribution in [0.4, 0.5) is 24.7 Å². The molecule has 2 aromatic heterocycles.